The monoisotopic (exact) mass is 277 g/mol. The quantitative estimate of drug-likeness (QED) is 0.637. The topological polar surface area (TPSA) is 57.0 Å². The highest BCUT2D eigenvalue weighted by atomic mass is 35.5. The summed E-state index contributed by atoms with van der Waals surface area (Å²) in [6, 6.07) is 7.24. The Labute approximate surface area is 115 Å². The van der Waals surface area contributed by atoms with Gasteiger partial charge in [-0.25, -0.2) is 14.5 Å². The zero-order valence-electron chi connectivity index (χ0n) is 10.3. The molecule has 2 rings (SSSR count). The van der Waals surface area contributed by atoms with Crippen LogP contribution in [-0.4, -0.2) is 27.3 Å². The largest absolute Gasteiger partial charge is 0.463 e. The number of benzene rings is 1. The van der Waals surface area contributed by atoms with Gasteiger partial charge in [0.2, 0.25) is 0 Å². The Morgan fingerprint density at radius 2 is 2.37 bits per heavy atom. The van der Waals surface area contributed by atoms with Crippen LogP contribution in [0.15, 0.2) is 36.7 Å². The number of esters is 1. The van der Waals surface area contributed by atoms with Crippen molar-refractivity contribution >= 4 is 23.8 Å². The second kappa shape index (κ2) is 6.15. The van der Waals surface area contributed by atoms with Crippen molar-refractivity contribution in [2.75, 3.05) is 6.61 Å². The number of carbonyl (C=O) groups excluding carboxylic acids is 1. The molecule has 0 N–H and O–H groups in total. The van der Waals surface area contributed by atoms with Crippen LogP contribution in [0.1, 0.15) is 6.92 Å². The van der Waals surface area contributed by atoms with Crippen molar-refractivity contribution in [2.45, 2.75) is 6.92 Å². The van der Waals surface area contributed by atoms with Crippen molar-refractivity contribution in [1.29, 1.82) is 0 Å². The molecule has 0 unspecified atom stereocenters. The molecule has 98 valence electrons. The second-order valence-corrected chi connectivity index (χ2v) is 4.06. The summed E-state index contributed by atoms with van der Waals surface area (Å²) in [6.45, 7) is 2.09. The number of aromatic nitrogens is 3. The number of hydrogen-bond donors (Lipinski definition) is 0. The third-order valence-electron chi connectivity index (χ3n) is 2.24. The molecule has 19 heavy (non-hydrogen) atoms. The average molecular weight is 278 g/mol. The molecule has 0 spiro atoms. The zero-order valence-corrected chi connectivity index (χ0v) is 11.0. The van der Waals surface area contributed by atoms with Gasteiger partial charge in [0, 0.05) is 22.9 Å². The number of halogens is 1. The first kappa shape index (κ1) is 13.3. The van der Waals surface area contributed by atoms with E-state index in [2.05, 4.69) is 10.1 Å². The minimum atomic E-state index is -0.415. The summed E-state index contributed by atoms with van der Waals surface area (Å²) in [6.07, 6.45) is 4.28. The van der Waals surface area contributed by atoms with Gasteiger partial charge in [0.1, 0.15) is 6.33 Å². The van der Waals surface area contributed by atoms with Crippen LogP contribution in [0.3, 0.4) is 0 Å². The molecule has 0 amide bonds. The smallest absolute Gasteiger partial charge is 0.332 e. The lowest BCUT2D eigenvalue weighted by atomic mass is 10.2. The van der Waals surface area contributed by atoms with Gasteiger partial charge < -0.3 is 4.74 Å². The van der Waals surface area contributed by atoms with E-state index < -0.39 is 5.97 Å². The van der Waals surface area contributed by atoms with Gasteiger partial charge in [-0.15, -0.1) is 5.10 Å². The van der Waals surface area contributed by atoms with Crippen molar-refractivity contribution in [3.63, 3.8) is 0 Å². The van der Waals surface area contributed by atoms with Gasteiger partial charge in [0.25, 0.3) is 0 Å². The first-order valence-electron chi connectivity index (χ1n) is 5.71. The molecule has 6 heteroatoms. The normalized spacial score (nSPS) is 10.8. The molecule has 0 aliphatic heterocycles. The van der Waals surface area contributed by atoms with Crippen molar-refractivity contribution in [3.05, 3.63) is 41.7 Å². The summed E-state index contributed by atoms with van der Waals surface area (Å²) in [7, 11) is 0. The predicted octanol–water partition coefficient (Wildman–Crippen LogP) is 2.63. The SMILES string of the molecule is CCOC(=O)/C=C/n1cnc(-c2cccc(Cl)c2)n1. The zero-order chi connectivity index (χ0) is 13.7. The van der Waals surface area contributed by atoms with E-state index in [0.29, 0.717) is 17.5 Å². The molecular weight excluding hydrogens is 266 g/mol. The Morgan fingerprint density at radius 1 is 1.53 bits per heavy atom. The second-order valence-electron chi connectivity index (χ2n) is 3.63. The van der Waals surface area contributed by atoms with E-state index >= 15 is 0 Å². The lowest BCUT2D eigenvalue weighted by molar-refractivity contribution is -0.137. The highest BCUT2D eigenvalue weighted by Gasteiger charge is 2.03. The van der Waals surface area contributed by atoms with Gasteiger partial charge in [-0.2, -0.15) is 0 Å². The molecule has 5 nitrogen and oxygen atoms in total. The summed E-state index contributed by atoms with van der Waals surface area (Å²) in [5, 5.41) is 4.83. The molecule has 0 bridgehead atoms. The Hall–Kier alpha value is -2.14. The number of nitrogens with zero attached hydrogens (tertiary/aromatic N) is 3. The molecule has 2 aromatic rings. The number of carbonyl (C=O) groups is 1. The molecule has 0 atom stereocenters. The van der Waals surface area contributed by atoms with Crippen LogP contribution in [0, 0.1) is 0 Å². The fourth-order valence-corrected chi connectivity index (χ4v) is 1.62. The van der Waals surface area contributed by atoms with E-state index in [9.17, 15) is 4.79 Å². The van der Waals surface area contributed by atoms with Crippen LogP contribution in [0.2, 0.25) is 5.02 Å². The van der Waals surface area contributed by atoms with Crippen LogP contribution < -0.4 is 0 Å². The van der Waals surface area contributed by atoms with Crippen molar-refractivity contribution in [3.8, 4) is 11.4 Å². The third kappa shape index (κ3) is 3.66. The maximum absolute atomic E-state index is 11.1. The Kier molecular flexibility index (Phi) is 4.30. The fraction of sp³-hybridized carbons (Fsp3) is 0.154. The van der Waals surface area contributed by atoms with Crippen LogP contribution in [0.5, 0.6) is 0 Å². The standard InChI is InChI=1S/C13H12ClN3O2/c1-2-19-12(18)6-7-17-9-15-13(16-17)10-4-3-5-11(14)8-10/h3-9H,2H2,1H3/b7-6+. The molecular formula is C13H12ClN3O2. The molecule has 1 aromatic heterocycles. The van der Waals surface area contributed by atoms with E-state index in [0.717, 1.165) is 5.56 Å². The lowest BCUT2D eigenvalue weighted by Gasteiger charge is -1.95. The highest BCUT2D eigenvalue weighted by Crippen LogP contribution is 2.18. The molecule has 0 fully saturated rings. The number of rotatable bonds is 4. The van der Waals surface area contributed by atoms with E-state index in [-0.39, 0.29) is 0 Å². The molecule has 0 saturated carbocycles. The number of ether oxygens (including phenoxy) is 1. The Morgan fingerprint density at radius 3 is 3.11 bits per heavy atom. The number of hydrogen-bond acceptors (Lipinski definition) is 4. The highest BCUT2D eigenvalue weighted by molar-refractivity contribution is 6.30. The maximum atomic E-state index is 11.1. The lowest BCUT2D eigenvalue weighted by Crippen LogP contribution is -2.00. The van der Waals surface area contributed by atoms with Crippen LogP contribution in [-0.2, 0) is 9.53 Å². The summed E-state index contributed by atoms with van der Waals surface area (Å²) in [5.41, 5.74) is 0.816. The van der Waals surface area contributed by atoms with Crippen LogP contribution in [0.4, 0.5) is 0 Å². The van der Waals surface area contributed by atoms with Gasteiger partial charge in [-0.3, -0.25) is 0 Å². The third-order valence-corrected chi connectivity index (χ3v) is 2.48. The minimum absolute atomic E-state index is 0.342. The molecule has 0 aliphatic rings. The van der Waals surface area contributed by atoms with Gasteiger partial charge in [-0.05, 0) is 19.1 Å². The first-order chi connectivity index (χ1) is 9.19. The van der Waals surface area contributed by atoms with Gasteiger partial charge >= 0.3 is 5.97 Å². The van der Waals surface area contributed by atoms with E-state index in [1.165, 1.54) is 23.3 Å². The summed E-state index contributed by atoms with van der Waals surface area (Å²) >= 11 is 5.90. The Balaban J connectivity index is 2.13. The Bertz CT molecular complexity index is 607. The van der Waals surface area contributed by atoms with Crippen molar-refractivity contribution < 1.29 is 9.53 Å². The molecule has 1 heterocycles. The van der Waals surface area contributed by atoms with Crippen LogP contribution in [0.25, 0.3) is 17.6 Å². The molecule has 0 radical (unpaired) electrons. The molecule has 0 saturated heterocycles. The predicted molar refractivity (Wildman–Crippen MR) is 72.4 cm³/mol. The summed E-state index contributed by atoms with van der Waals surface area (Å²) in [5.74, 6) is 0.123. The van der Waals surface area contributed by atoms with Gasteiger partial charge in [0.15, 0.2) is 5.82 Å². The van der Waals surface area contributed by atoms with Crippen molar-refractivity contribution in [1.82, 2.24) is 14.8 Å². The summed E-state index contributed by atoms with van der Waals surface area (Å²) in [4.78, 5) is 15.3. The van der Waals surface area contributed by atoms with E-state index in [1.807, 2.05) is 12.1 Å². The minimum Gasteiger partial charge on any atom is -0.463 e. The van der Waals surface area contributed by atoms with Gasteiger partial charge in [-0.1, -0.05) is 23.7 Å². The average Bonchev–Trinajstić information content (AvgIpc) is 2.85. The van der Waals surface area contributed by atoms with E-state index in [4.69, 9.17) is 16.3 Å². The van der Waals surface area contributed by atoms with Gasteiger partial charge in [0.05, 0.1) is 6.61 Å². The van der Waals surface area contributed by atoms with Crippen molar-refractivity contribution in [2.24, 2.45) is 0 Å². The molecule has 0 aliphatic carbocycles. The van der Waals surface area contributed by atoms with E-state index in [1.54, 1.807) is 19.1 Å². The maximum Gasteiger partial charge on any atom is 0.332 e. The first-order valence-corrected chi connectivity index (χ1v) is 6.09. The summed E-state index contributed by atoms with van der Waals surface area (Å²) < 4.78 is 6.20. The van der Waals surface area contributed by atoms with Crippen LogP contribution >= 0.6 is 11.6 Å². The fourth-order valence-electron chi connectivity index (χ4n) is 1.43. The molecule has 1 aromatic carbocycles.